The molecule has 0 spiro atoms. The third-order valence-corrected chi connectivity index (χ3v) is 1.90. The van der Waals surface area contributed by atoms with Crippen molar-refractivity contribution < 1.29 is 22.8 Å². The molecule has 1 aliphatic carbocycles. The Hall–Kier alpha value is -0.780. The fourth-order valence-corrected chi connectivity index (χ4v) is 1.24. The zero-order chi connectivity index (χ0) is 9.90. The first-order chi connectivity index (χ1) is 6.00. The minimum absolute atomic E-state index is 0.119. The van der Waals surface area contributed by atoms with Crippen molar-refractivity contribution in [2.45, 2.75) is 37.9 Å². The molecule has 0 atom stereocenters. The molecule has 6 heteroatoms. The fraction of sp³-hybridized carbons (Fsp3) is 0.857. The van der Waals surface area contributed by atoms with Crippen LogP contribution in [0.4, 0.5) is 13.2 Å². The third-order valence-electron chi connectivity index (χ3n) is 1.90. The van der Waals surface area contributed by atoms with Crippen molar-refractivity contribution in [1.29, 1.82) is 0 Å². The van der Waals surface area contributed by atoms with Crippen LogP contribution in [0.5, 0.6) is 0 Å². The molecule has 3 nitrogen and oxygen atoms in total. The predicted molar refractivity (Wildman–Crippen MR) is 37.5 cm³/mol. The Morgan fingerprint density at radius 2 is 1.85 bits per heavy atom. The average Bonchev–Trinajstić information content (AvgIpc) is 2.50. The Labute approximate surface area is 73.2 Å². The zero-order valence-electron chi connectivity index (χ0n) is 6.86. The van der Waals surface area contributed by atoms with Gasteiger partial charge in [0.25, 0.3) is 0 Å². The van der Waals surface area contributed by atoms with Gasteiger partial charge in [-0.3, -0.25) is 0 Å². The van der Waals surface area contributed by atoms with Crippen LogP contribution in [0.15, 0.2) is 0 Å². The zero-order valence-corrected chi connectivity index (χ0v) is 6.86. The van der Waals surface area contributed by atoms with Gasteiger partial charge in [0.1, 0.15) is 0 Å². The lowest BCUT2D eigenvalue weighted by Crippen LogP contribution is -2.35. The monoisotopic (exact) mass is 197 g/mol. The number of hydrogen-bond donors (Lipinski definition) is 1. The summed E-state index contributed by atoms with van der Waals surface area (Å²) in [5.74, 6) is -2.18. The summed E-state index contributed by atoms with van der Waals surface area (Å²) in [5.41, 5.74) is 2.12. The first-order valence-electron chi connectivity index (χ1n) is 4.03. The molecule has 0 heterocycles. The van der Waals surface area contributed by atoms with Gasteiger partial charge in [-0.05, 0) is 12.8 Å². The number of nitrogens with one attached hydrogen (secondary N) is 1. The number of halogens is 3. The summed E-state index contributed by atoms with van der Waals surface area (Å²) in [6, 6.07) is -0.119. The van der Waals surface area contributed by atoms with Gasteiger partial charge in [-0.2, -0.15) is 13.2 Å². The molecule has 1 N–H and O–H groups in total. The Kier molecular flexibility index (Phi) is 3.13. The Morgan fingerprint density at radius 3 is 2.31 bits per heavy atom. The summed E-state index contributed by atoms with van der Waals surface area (Å²) >= 11 is 0. The maximum atomic E-state index is 11.6. The van der Waals surface area contributed by atoms with Crippen LogP contribution < -0.4 is 5.48 Å². The van der Waals surface area contributed by atoms with E-state index in [9.17, 15) is 18.0 Å². The predicted octanol–water partition coefficient (Wildman–Crippen LogP) is 1.54. The molecule has 0 amide bonds. The smallest absolute Gasteiger partial charge is 0.363 e. The highest BCUT2D eigenvalue weighted by molar-refractivity contribution is 5.75. The van der Waals surface area contributed by atoms with E-state index in [0.29, 0.717) is 0 Å². The van der Waals surface area contributed by atoms with Crippen LogP contribution in [0, 0.1) is 0 Å². The minimum Gasteiger partial charge on any atom is -0.363 e. The molecule has 0 aromatic heterocycles. The number of hydrogen-bond acceptors (Lipinski definition) is 3. The fourth-order valence-electron chi connectivity index (χ4n) is 1.24. The minimum atomic E-state index is -4.91. The molecule has 1 rings (SSSR count). The normalized spacial score (nSPS) is 19.0. The molecule has 0 unspecified atom stereocenters. The van der Waals surface area contributed by atoms with Gasteiger partial charge in [0.2, 0.25) is 0 Å². The van der Waals surface area contributed by atoms with E-state index < -0.39 is 12.1 Å². The lowest BCUT2D eigenvalue weighted by Gasteiger charge is -2.12. The second-order valence-electron chi connectivity index (χ2n) is 2.99. The Balaban J connectivity index is 2.22. The van der Waals surface area contributed by atoms with E-state index in [2.05, 4.69) is 10.3 Å². The molecule has 0 aromatic carbocycles. The van der Waals surface area contributed by atoms with Crippen molar-refractivity contribution in [2.24, 2.45) is 0 Å². The molecule has 13 heavy (non-hydrogen) atoms. The van der Waals surface area contributed by atoms with Crippen LogP contribution in [0.1, 0.15) is 25.7 Å². The molecule has 76 valence electrons. The van der Waals surface area contributed by atoms with Gasteiger partial charge in [0.15, 0.2) is 0 Å². The van der Waals surface area contributed by atoms with Gasteiger partial charge in [0.05, 0.1) is 0 Å². The Bertz CT molecular complexity index is 187. The van der Waals surface area contributed by atoms with Gasteiger partial charge in [0, 0.05) is 6.04 Å². The summed E-state index contributed by atoms with van der Waals surface area (Å²) in [4.78, 5) is 14.1. The van der Waals surface area contributed by atoms with E-state index in [0.717, 1.165) is 25.7 Å². The van der Waals surface area contributed by atoms with Crippen molar-refractivity contribution in [3.63, 3.8) is 0 Å². The van der Waals surface area contributed by atoms with E-state index in [1.165, 1.54) is 0 Å². The van der Waals surface area contributed by atoms with Gasteiger partial charge in [-0.1, -0.05) is 12.8 Å². The molecule has 1 fully saturated rings. The highest BCUT2D eigenvalue weighted by Gasteiger charge is 2.41. The molecule has 0 radical (unpaired) electrons. The topological polar surface area (TPSA) is 38.3 Å². The summed E-state index contributed by atoms with van der Waals surface area (Å²) in [6.45, 7) is 0. The first kappa shape index (κ1) is 10.3. The van der Waals surface area contributed by atoms with Crippen LogP contribution in [-0.4, -0.2) is 18.2 Å². The highest BCUT2D eigenvalue weighted by atomic mass is 19.4. The van der Waals surface area contributed by atoms with Gasteiger partial charge >= 0.3 is 12.1 Å². The van der Waals surface area contributed by atoms with Gasteiger partial charge in [-0.25, -0.2) is 4.79 Å². The SMILES string of the molecule is O=C(ONC1CCCC1)C(F)(F)F. The van der Waals surface area contributed by atoms with E-state index in [1.807, 2.05) is 0 Å². The lowest BCUT2D eigenvalue weighted by molar-refractivity contribution is -0.208. The first-order valence-corrected chi connectivity index (χ1v) is 4.03. The second-order valence-corrected chi connectivity index (χ2v) is 2.99. The second kappa shape index (κ2) is 3.95. The standard InChI is InChI=1S/C7H10F3NO2/c8-7(9,10)6(12)13-11-5-3-1-2-4-5/h5,11H,1-4H2. The van der Waals surface area contributed by atoms with E-state index in [1.54, 1.807) is 0 Å². The van der Waals surface area contributed by atoms with Crippen LogP contribution in [0.2, 0.25) is 0 Å². The quantitative estimate of drug-likeness (QED) is 0.682. The molecular weight excluding hydrogens is 187 g/mol. The van der Waals surface area contributed by atoms with E-state index in [-0.39, 0.29) is 6.04 Å². The van der Waals surface area contributed by atoms with Crippen molar-refractivity contribution in [2.75, 3.05) is 0 Å². The summed E-state index contributed by atoms with van der Waals surface area (Å²) < 4.78 is 34.8. The largest absolute Gasteiger partial charge is 0.492 e. The third kappa shape index (κ3) is 3.22. The lowest BCUT2D eigenvalue weighted by atomic mass is 10.3. The number of alkyl halides is 3. The van der Waals surface area contributed by atoms with Crippen LogP contribution in [0.3, 0.4) is 0 Å². The Morgan fingerprint density at radius 1 is 1.31 bits per heavy atom. The van der Waals surface area contributed by atoms with E-state index in [4.69, 9.17) is 0 Å². The number of rotatable bonds is 2. The molecule has 0 aliphatic heterocycles. The van der Waals surface area contributed by atoms with Crippen molar-refractivity contribution in [3.05, 3.63) is 0 Å². The van der Waals surface area contributed by atoms with Crippen LogP contribution in [0.25, 0.3) is 0 Å². The van der Waals surface area contributed by atoms with Gasteiger partial charge < -0.3 is 4.84 Å². The molecule has 1 aliphatic rings. The molecule has 0 bridgehead atoms. The number of hydroxylamine groups is 1. The van der Waals surface area contributed by atoms with Crippen LogP contribution >= 0.6 is 0 Å². The van der Waals surface area contributed by atoms with Gasteiger partial charge in [-0.15, -0.1) is 5.48 Å². The molecule has 1 saturated carbocycles. The summed E-state index contributed by atoms with van der Waals surface area (Å²) in [5, 5.41) is 0. The van der Waals surface area contributed by atoms with Crippen molar-refractivity contribution >= 4 is 5.97 Å². The highest BCUT2D eigenvalue weighted by Crippen LogP contribution is 2.19. The van der Waals surface area contributed by atoms with Crippen LogP contribution in [-0.2, 0) is 9.63 Å². The molecule has 0 aromatic rings. The van der Waals surface area contributed by atoms with Crippen molar-refractivity contribution in [3.8, 4) is 0 Å². The number of carbonyl (C=O) groups is 1. The summed E-state index contributed by atoms with van der Waals surface area (Å²) in [6.07, 6.45) is -1.48. The van der Waals surface area contributed by atoms with E-state index >= 15 is 0 Å². The summed E-state index contributed by atoms with van der Waals surface area (Å²) in [7, 11) is 0. The maximum Gasteiger partial charge on any atom is 0.492 e. The molecular formula is C7H10F3NO2. The average molecular weight is 197 g/mol. The molecule has 0 saturated heterocycles. The van der Waals surface area contributed by atoms with Crippen molar-refractivity contribution in [1.82, 2.24) is 5.48 Å². The maximum absolute atomic E-state index is 11.6. The number of carbonyl (C=O) groups excluding carboxylic acids is 1.